The van der Waals surface area contributed by atoms with Crippen LogP contribution in [-0.2, 0) is 14.3 Å². The molecule has 86 valence electrons. The third-order valence-electron chi connectivity index (χ3n) is 2.08. The first-order valence-corrected chi connectivity index (χ1v) is 4.36. The number of ether oxygens (including phenoxy) is 2. The summed E-state index contributed by atoms with van der Waals surface area (Å²) in [4.78, 5) is 11.0. The van der Waals surface area contributed by atoms with Crippen molar-refractivity contribution in [2.45, 2.75) is 31.4 Å². The first-order valence-electron chi connectivity index (χ1n) is 4.36. The second-order valence-corrected chi connectivity index (χ2v) is 3.22. The van der Waals surface area contributed by atoms with Gasteiger partial charge in [-0.1, -0.05) is 6.58 Å². The summed E-state index contributed by atoms with van der Waals surface area (Å²) in [5, 5.41) is 0. The molecule has 15 heavy (non-hydrogen) atoms. The highest BCUT2D eigenvalue weighted by Crippen LogP contribution is 2.33. The highest BCUT2D eigenvalue weighted by Gasteiger charge is 2.53. The molecule has 0 spiro atoms. The number of ketones is 1. The molecule has 3 nitrogen and oxygen atoms in total. The zero-order valence-corrected chi connectivity index (χ0v) is 8.08. The first kappa shape index (κ1) is 12.2. The molecule has 1 fully saturated rings. The van der Waals surface area contributed by atoms with E-state index < -0.39 is 30.3 Å². The Hall–Kier alpha value is -0.880. The number of rotatable bonds is 4. The van der Waals surface area contributed by atoms with Crippen molar-refractivity contribution in [3.63, 3.8) is 0 Å². The molecule has 0 radical (unpaired) electrons. The Morgan fingerprint density at radius 1 is 1.67 bits per heavy atom. The van der Waals surface area contributed by atoms with Crippen LogP contribution in [-0.4, -0.2) is 36.9 Å². The van der Waals surface area contributed by atoms with Gasteiger partial charge in [0.05, 0.1) is 6.61 Å². The average Bonchev–Trinajstić information content (AvgIpc) is 2.07. The largest absolute Gasteiger partial charge is 0.417 e. The summed E-state index contributed by atoms with van der Waals surface area (Å²) in [5.74, 6) is -0.442. The van der Waals surface area contributed by atoms with Crippen LogP contribution in [0.4, 0.5) is 13.2 Å². The topological polar surface area (TPSA) is 35.5 Å². The van der Waals surface area contributed by atoms with Crippen LogP contribution < -0.4 is 0 Å². The van der Waals surface area contributed by atoms with Gasteiger partial charge in [-0.25, -0.2) is 0 Å². The minimum absolute atomic E-state index is 0.140. The maximum absolute atomic E-state index is 12.2. The van der Waals surface area contributed by atoms with Crippen LogP contribution in [0.15, 0.2) is 12.7 Å². The summed E-state index contributed by atoms with van der Waals surface area (Å²) in [5.41, 5.74) is 0. The van der Waals surface area contributed by atoms with Gasteiger partial charge in [0.25, 0.3) is 0 Å². The monoisotopic (exact) mass is 224 g/mol. The summed E-state index contributed by atoms with van der Waals surface area (Å²) in [6.07, 6.45) is -7.35. The first-order chi connectivity index (χ1) is 6.86. The average molecular weight is 224 g/mol. The number of hydrogen-bond donors (Lipinski definition) is 0. The van der Waals surface area contributed by atoms with Crippen LogP contribution in [0.5, 0.6) is 0 Å². The molecule has 6 heteroatoms. The minimum Gasteiger partial charge on any atom is -0.363 e. The fourth-order valence-electron chi connectivity index (χ4n) is 1.18. The third kappa shape index (κ3) is 2.79. The van der Waals surface area contributed by atoms with E-state index in [1.165, 1.54) is 6.92 Å². The van der Waals surface area contributed by atoms with Crippen molar-refractivity contribution in [2.75, 3.05) is 6.61 Å². The second-order valence-electron chi connectivity index (χ2n) is 3.22. The van der Waals surface area contributed by atoms with Crippen LogP contribution in [0.25, 0.3) is 0 Å². The van der Waals surface area contributed by atoms with Gasteiger partial charge in [-0.05, 0) is 13.0 Å². The molecular formula is C9H11F3O3. The van der Waals surface area contributed by atoms with Gasteiger partial charge >= 0.3 is 6.18 Å². The molecule has 0 aromatic rings. The van der Waals surface area contributed by atoms with Crippen molar-refractivity contribution in [1.82, 2.24) is 0 Å². The van der Waals surface area contributed by atoms with Gasteiger partial charge in [-0.2, -0.15) is 13.2 Å². The Morgan fingerprint density at radius 2 is 2.27 bits per heavy atom. The van der Waals surface area contributed by atoms with Crippen molar-refractivity contribution >= 4 is 5.78 Å². The SMILES string of the molecule is C=CC(=O)C(C)OC1COC1C(F)(F)F. The van der Waals surface area contributed by atoms with E-state index in [0.717, 1.165) is 6.08 Å². The van der Waals surface area contributed by atoms with E-state index in [0.29, 0.717) is 0 Å². The van der Waals surface area contributed by atoms with Gasteiger partial charge in [0.2, 0.25) is 0 Å². The minimum atomic E-state index is -4.44. The lowest BCUT2D eigenvalue weighted by Gasteiger charge is -2.38. The van der Waals surface area contributed by atoms with E-state index in [4.69, 9.17) is 4.74 Å². The summed E-state index contributed by atoms with van der Waals surface area (Å²) < 4.78 is 45.8. The number of alkyl halides is 3. The van der Waals surface area contributed by atoms with E-state index in [2.05, 4.69) is 11.3 Å². The van der Waals surface area contributed by atoms with Crippen LogP contribution in [0.3, 0.4) is 0 Å². The standard InChI is InChI=1S/C9H11F3O3/c1-3-6(13)5(2)15-7-4-14-8(7)9(10,11)12/h3,5,7-8H,1,4H2,2H3. The van der Waals surface area contributed by atoms with Crippen molar-refractivity contribution in [1.29, 1.82) is 0 Å². The van der Waals surface area contributed by atoms with Crippen LogP contribution in [0, 0.1) is 0 Å². The van der Waals surface area contributed by atoms with E-state index >= 15 is 0 Å². The van der Waals surface area contributed by atoms with E-state index in [-0.39, 0.29) is 6.61 Å². The van der Waals surface area contributed by atoms with Gasteiger partial charge in [0.1, 0.15) is 12.2 Å². The molecule has 0 aromatic carbocycles. The molecule has 1 saturated heterocycles. The molecule has 0 bridgehead atoms. The molecule has 3 atom stereocenters. The smallest absolute Gasteiger partial charge is 0.363 e. The van der Waals surface area contributed by atoms with E-state index in [1.807, 2.05) is 0 Å². The second kappa shape index (κ2) is 4.32. The molecule has 1 rings (SSSR count). The molecule has 0 aromatic heterocycles. The number of halogens is 3. The fourth-order valence-corrected chi connectivity index (χ4v) is 1.18. The highest BCUT2D eigenvalue weighted by atomic mass is 19.4. The predicted octanol–water partition coefficient (Wildman–Crippen LogP) is 1.48. The van der Waals surface area contributed by atoms with Crippen molar-refractivity contribution in [3.8, 4) is 0 Å². The maximum atomic E-state index is 12.2. The van der Waals surface area contributed by atoms with Crippen LogP contribution in [0.1, 0.15) is 6.92 Å². The van der Waals surface area contributed by atoms with Gasteiger partial charge in [-0.15, -0.1) is 0 Å². The Bertz CT molecular complexity index is 262. The zero-order chi connectivity index (χ0) is 11.6. The summed E-state index contributed by atoms with van der Waals surface area (Å²) in [6.45, 7) is 4.46. The Kier molecular flexibility index (Phi) is 3.51. The molecule has 1 aliphatic rings. The molecule has 0 aliphatic carbocycles. The molecule has 0 N–H and O–H groups in total. The lowest BCUT2D eigenvalue weighted by atomic mass is 10.1. The lowest BCUT2D eigenvalue weighted by Crippen LogP contribution is -2.56. The van der Waals surface area contributed by atoms with Crippen LogP contribution >= 0.6 is 0 Å². The number of carbonyl (C=O) groups is 1. The molecular weight excluding hydrogens is 213 g/mol. The highest BCUT2D eigenvalue weighted by molar-refractivity contribution is 5.92. The Labute approximate surface area is 84.8 Å². The third-order valence-corrected chi connectivity index (χ3v) is 2.08. The summed E-state index contributed by atoms with van der Waals surface area (Å²) >= 11 is 0. The molecule has 0 saturated carbocycles. The molecule has 1 heterocycles. The molecule has 3 unspecified atom stereocenters. The van der Waals surface area contributed by atoms with E-state index in [9.17, 15) is 18.0 Å². The number of hydrogen-bond acceptors (Lipinski definition) is 3. The molecule has 1 aliphatic heterocycles. The quantitative estimate of drug-likeness (QED) is 0.678. The van der Waals surface area contributed by atoms with Gasteiger partial charge in [0, 0.05) is 0 Å². The maximum Gasteiger partial charge on any atom is 0.417 e. The zero-order valence-electron chi connectivity index (χ0n) is 8.08. The van der Waals surface area contributed by atoms with Crippen molar-refractivity contribution in [2.24, 2.45) is 0 Å². The molecule has 0 amide bonds. The number of carbonyl (C=O) groups excluding carboxylic acids is 1. The van der Waals surface area contributed by atoms with Gasteiger partial charge in [-0.3, -0.25) is 4.79 Å². The van der Waals surface area contributed by atoms with Gasteiger partial charge < -0.3 is 9.47 Å². The Morgan fingerprint density at radius 3 is 2.60 bits per heavy atom. The van der Waals surface area contributed by atoms with E-state index in [1.54, 1.807) is 0 Å². The fraction of sp³-hybridized carbons (Fsp3) is 0.667. The van der Waals surface area contributed by atoms with Gasteiger partial charge in [0.15, 0.2) is 11.9 Å². The Balaban J connectivity index is 2.47. The van der Waals surface area contributed by atoms with Crippen LogP contribution in [0.2, 0.25) is 0 Å². The summed E-state index contributed by atoms with van der Waals surface area (Å²) in [6, 6.07) is 0. The predicted molar refractivity (Wildman–Crippen MR) is 45.3 cm³/mol. The summed E-state index contributed by atoms with van der Waals surface area (Å²) in [7, 11) is 0. The lowest BCUT2D eigenvalue weighted by molar-refractivity contribution is -0.315. The van der Waals surface area contributed by atoms with Crippen molar-refractivity contribution in [3.05, 3.63) is 12.7 Å². The normalized spacial score (nSPS) is 28.0. The van der Waals surface area contributed by atoms with Crippen molar-refractivity contribution < 1.29 is 27.4 Å².